The second-order valence-electron chi connectivity index (χ2n) is 5.36. The van der Waals surface area contributed by atoms with Crippen molar-refractivity contribution in [1.82, 2.24) is 5.32 Å². The van der Waals surface area contributed by atoms with Gasteiger partial charge in [0.25, 0.3) is 5.91 Å². The molecule has 0 saturated heterocycles. The summed E-state index contributed by atoms with van der Waals surface area (Å²) in [5, 5.41) is 2.90. The highest BCUT2D eigenvalue weighted by Crippen LogP contribution is 2.27. The molecule has 5 heteroatoms. The lowest BCUT2D eigenvalue weighted by Gasteiger charge is -2.18. The molecule has 1 N–H and O–H groups in total. The minimum atomic E-state index is -0.199. The van der Waals surface area contributed by atoms with Crippen LogP contribution in [0.15, 0.2) is 42.5 Å². The van der Waals surface area contributed by atoms with E-state index in [1.807, 2.05) is 31.2 Å². The minimum absolute atomic E-state index is 0.188. The molecule has 0 aliphatic rings. The van der Waals surface area contributed by atoms with Gasteiger partial charge >= 0.3 is 0 Å². The Morgan fingerprint density at radius 2 is 1.75 bits per heavy atom. The maximum Gasteiger partial charge on any atom is 0.251 e. The predicted octanol–water partition coefficient (Wildman–Crippen LogP) is 3.13. The van der Waals surface area contributed by atoms with Crippen molar-refractivity contribution in [3.8, 4) is 11.5 Å². The lowest BCUT2D eigenvalue weighted by molar-refractivity contribution is 0.0825. The fourth-order valence-corrected chi connectivity index (χ4v) is 2.53. The third-order valence-electron chi connectivity index (χ3n) is 3.91. The molecular formula is C19H23NO4. The Labute approximate surface area is 142 Å². The van der Waals surface area contributed by atoms with Gasteiger partial charge in [-0.15, -0.1) is 0 Å². The van der Waals surface area contributed by atoms with Gasteiger partial charge in [-0.2, -0.15) is 0 Å². The number of rotatable bonds is 7. The van der Waals surface area contributed by atoms with Crippen LogP contribution in [0.3, 0.4) is 0 Å². The van der Waals surface area contributed by atoms with Gasteiger partial charge in [-0.1, -0.05) is 24.3 Å². The summed E-state index contributed by atoms with van der Waals surface area (Å²) >= 11 is 0. The van der Waals surface area contributed by atoms with E-state index in [-0.39, 0.29) is 12.0 Å². The molecule has 2 aromatic rings. The molecule has 0 fully saturated rings. The van der Waals surface area contributed by atoms with Crippen LogP contribution in [-0.2, 0) is 4.74 Å². The Morgan fingerprint density at radius 3 is 2.38 bits per heavy atom. The molecule has 1 unspecified atom stereocenters. The van der Waals surface area contributed by atoms with Crippen molar-refractivity contribution in [3.63, 3.8) is 0 Å². The number of benzene rings is 2. The molecule has 0 aliphatic carbocycles. The van der Waals surface area contributed by atoms with E-state index in [9.17, 15) is 4.79 Å². The third kappa shape index (κ3) is 4.06. The van der Waals surface area contributed by atoms with Crippen LogP contribution in [0.25, 0.3) is 0 Å². The quantitative estimate of drug-likeness (QED) is 0.848. The summed E-state index contributed by atoms with van der Waals surface area (Å²) in [6, 6.07) is 13.0. The van der Waals surface area contributed by atoms with E-state index in [1.165, 1.54) is 0 Å². The molecule has 1 amide bonds. The van der Waals surface area contributed by atoms with Crippen molar-refractivity contribution in [2.24, 2.45) is 0 Å². The number of carbonyl (C=O) groups is 1. The fourth-order valence-electron chi connectivity index (χ4n) is 2.53. The summed E-state index contributed by atoms with van der Waals surface area (Å²) in [4.78, 5) is 12.4. The first kappa shape index (κ1) is 17.8. The van der Waals surface area contributed by atoms with E-state index in [0.717, 1.165) is 11.1 Å². The number of amides is 1. The number of methoxy groups -OCH3 is 3. The SMILES string of the molecule is COc1ccc(C(=O)NCC(OC)c2ccccc2C)cc1OC. The van der Waals surface area contributed by atoms with E-state index in [0.29, 0.717) is 23.6 Å². The molecule has 0 saturated carbocycles. The van der Waals surface area contributed by atoms with Crippen LogP contribution < -0.4 is 14.8 Å². The molecule has 1 atom stereocenters. The first-order valence-electron chi connectivity index (χ1n) is 7.69. The van der Waals surface area contributed by atoms with E-state index in [4.69, 9.17) is 14.2 Å². The van der Waals surface area contributed by atoms with Crippen molar-refractivity contribution in [2.75, 3.05) is 27.9 Å². The van der Waals surface area contributed by atoms with Crippen LogP contribution in [0.1, 0.15) is 27.6 Å². The van der Waals surface area contributed by atoms with Gasteiger partial charge < -0.3 is 19.5 Å². The monoisotopic (exact) mass is 329 g/mol. The zero-order chi connectivity index (χ0) is 17.5. The lowest BCUT2D eigenvalue weighted by Crippen LogP contribution is -2.29. The van der Waals surface area contributed by atoms with Crippen LogP contribution in [0.5, 0.6) is 11.5 Å². The van der Waals surface area contributed by atoms with Crippen LogP contribution >= 0.6 is 0 Å². The van der Waals surface area contributed by atoms with Gasteiger partial charge in [-0.25, -0.2) is 0 Å². The standard InChI is InChI=1S/C19H23NO4/c1-13-7-5-6-8-15(13)18(24-4)12-20-19(21)14-9-10-16(22-2)17(11-14)23-3/h5-11,18H,12H2,1-4H3,(H,20,21). The van der Waals surface area contributed by atoms with Crippen LogP contribution in [0.4, 0.5) is 0 Å². The number of nitrogens with one attached hydrogen (secondary N) is 1. The van der Waals surface area contributed by atoms with Crippen molar-refractivity contribution < 1.29 is 19.0 Å². The number of carbonyl (C=O) groups excluding carboxylic acids is 1. The second kappa shape index (κ2) is 8.36. The molecule has 0 aromatic heterocycles. The maximum absolute atomic E-state index is 12.4. The molecule has 5 nitrogen and oxygen atoms in total. The van der Waals surface area contributed by atoms with Gasteiger partial charge in [-0.3, -0.25) is 4.79 Å². The minimum Gasteiger partial charge on any atom is -0.493 e. The van der Waals surface area contributed by atoms with Gasteiger partial charge in [0, 0.05) is 19.2 Å². The normalized spacial score (nSPS) is 11.7. The van der Waals surface area contributed by atoms with Crippen molar-refractivity contribution >= 4 is 5.91 Å². The molecular weight excluding hydrogens is 306 g/mol. The molecule has 0 heterocycles. The largest absolute Gasteiger partial charge is 0.493 e. The highest BCUT2D eigenvalue weighted by Gasteiger charge is 2.16. The van der Waals surface area contributed by atoms with Gasteiger partial charge in [0.05, 0.1) is 20.3 Å². The molecule has 0 bridgehead atoms. The van der Waals surface area contributed by atoms with Gasteiger partial charge in [0.15, 0.2) is 11.5 Å². The highest BCUT2D eigenvalue weighted by molar-refractivity contribution is 5.94. The van der Waals surface area contributed by atoms with Crippen LogP contribution in [0.2, 0.25) is 0 Å². The number of ether oxygens (including phenoxy) is 3. The van der Waals surface area contributed by atoms with Crippen LogP contribution in [-0.4, -0.2) is 33.8 Å². The van der Waals surface area contributed by atoms with E-state index in [1.54, 1.807) is 39.5 Å². The first-order chi connectivity index (χ1) is 11.6. The molecule has 0 radical (unpaired) electrons. The zero-order valence-corrected chi connectivity index (χ0v) is 14.5. The van der Waals surface area contributed by atoms with E-state index < -0.39 is 0 Å². The summed E-state index contributed by atoms with van der Waals surface area (Å²) in [5.74, 6) is 0.919. The first-order valence-corrected chi connectivity index (χ1v) is 7.69. The number of hydrogen-bond donors (Lipinski definition) is 1. The van der Waals surface area contributed by atoms with E-state index >= 15 is 0 Å². The van der Waals surface area contributed by atoms with Crippen molar-refractivity contribution in [2.45, 2.75) is 13.0 Å². The second-order valence-corrected chi connectivity index (χ2v) is 5.36. The predicted molar refractivity (Wildman–Crippen MR) is 92.8 cm³/mol. The topological polar surface area (TPSA) is 56.8 Å². The Kier molecular flexibility index (Phi) is 6.21. The Bertz CT molecular complexity index is 700. The van der Waals surface area contributed by atoms with Gasteiger partial charge in [0.2, 0.25) is 0 Å². The summed E-state index contributed by atoms with van der Waals surface area (Å²) in [7, 11) is 4.74. The molecule has 24 heavy (non-hydrogen) atoms. The van der Waals surface area contributed by atoms with Crippen molar-refractivity contribution in [3.05, 3.63) is 59.2 Å². The third-order valence-corrected chi connectivity index (χ3v) is 3.91. The Balaban J connectivity index is 2.08. The highest BCUT2D eigenvalue weighted by atomic mass is 16.5. The Hall–Kier alpha value is -2.53. The Morgan fingerprint density at radius 1 is 1.04 bits per heavy atom. The van der Waals surface area contributed by atoms with E-state index in [2.05, 4.69) is 5.32 Å². The van der Waals surface area contributed by atoms with Crippen LogP contribution in [0, 0.1) is 6.92 Å². The lowest BCUT2D eigenvalue weighted by atomic mass is 10.0. The maximum atomic E-state index is 12.4. The van der Waals surface area contributed by atoms with Gasteiger partial charge in [-0.05, 0) is 36.2 Å². The molecule has 0 aliphatic heterocycles. The number of aryl methyl sites for hydroxylation is 1. The molecule has 2 rings (SSSR count). The summed E-state index contributed by atoms with van der Waals surface area (Å²) < 4.78 is 15.9. The zero-order valence-electron chi connectivity index (χ0n) is 14.5. The fraction of sp³-hybridized carbons (Fsp3) is 0.316. The average molecular weight is 329 g/mol. The average Bonchev–Trinajstić information content (AvgIpc) is 2.62. The molecule has 128 valence electrons. The van der Waals surface area contributed by atoms with Gasteiger partial charge in [0.1, 0.15) is 0 Å². The molecule has 2 aromatic carbocycles. The summed E-state index contributed by atoms with van der Waals surface area (Å²) in [5.41, 5.74) is 2.70. The summed E-state index contributed by atoms with van der Waals surface area (Å²) in [6.07, 6.45) is -0.199. The number of hydrogen-bond acceptors (Lipinski definition) is 4. The molecule has 0 spiro atoms. The summed E-state index contributed by atoms with van der Waals surface area (Å²) in [6.45, 7) is 2.41. The smallest absolute Gasteiger partial charge is 0.251 e. The van der Waals surface area contributed by atoms with Crippen molar-refractivity contribution in [1.29, 1.82) is 0 Å².